The van der Waals surface area contributed by atoms with Gasteiger partial charge in [0.1, 0.15) is 0 Å². The highest BCUT2D eigenvalue weighted by molar-refractivity contribution is 6.30. The van der Waals surface area contributed by atoms with Gasteiger partial charge in [-0.25, -0.2) is 0 Å². The Morgan fingerprint density at radius 3 is 2.41 bits per heavy atom. The number of amides is 1. The molecule has 0 radical (unpaired) electrons. The Bertz CT molecular complexity index is 786. The van der Waals surface area contributed by atoms with Gasteiger partial charge in [0.05, 0.1) is 5.41 Å². The molecule has 3 nitrogen and oxygen atoms in total. The molecule has 2 fully saturated rings. The third kappa shape index (κ3) is 3.76. The van der Waals surface area contributed by atoms with Crippen molar-refractivity contribution in [2.24, 2.45) is 5.92 Å². The molecule has 2 N–H and O–H groups in total. The Kier molecular flexibility index (Phi) is 5.25. The molecule has 0 saturated heterocycles. The first-order chi connectivity index (χ1) is 13.1. The van der Waals surface area contributed by atoms with Gasteiger partial charge in [-0.1, -0.05) is 54.1 Å². The number of rotatable bonds is 5. The smallest absolute Gasteiger partial charge is 0.230 e. The van der Waals surface area contributed by atoms with Crippen LogP contribution < -0.4 is 5.32 Å². The van der Waals surface area contributed by atoms with Crippen LogP contribution in [0, 0.1) is 5.92 Å². The van der Waals surface area contributed by atoms with Gasteiger partial charge in [0.2, 0.25) is 5.91 Å². The third-order valence-electron chi connectivity index (χ3n) is 6.39. The van der Waals surface area contributed by atoms with Crippen molar-refractivity contribution in [3.8, 4) is 0 Å². The fourth-order valence-electron chi connectivity index (χ4n) is 4.53. The summed E-state index contributed by atoms with van der Waals surface area (Å²) in [4.78, 5) is 13.1. The Hall–Kier alpha value is -1.84. The van der Waals surface area contributed by atoms with Crippen LogP contribution in [0.4, 0.5) is 0 Å². The van der Waals surface area contributed by atoms with Gasteiger partial charge in [0.25, 0.3) is 0 Å². The standard InChI is InChI=1S/C23H26ClNO2/c24-20-9-7-19(8-10-20)23(12-13-23)22(27)25-21-11-6-17(14-18(21)15-26)16-4-2-1-3-5-16/h1-5,7-10,17-18,21,26H,6,11-15H2,(H,25,27)/t17-,18?,21?/m1/s1. The van der Waals surface area contributed by atoms with Crippen LogP contribution >= 0.6 is 11.6 Å². The van der Waals surface area contributed by atoms with E-state index in [1.807, 2.05) is 30.3 Å². The van der Waals surface area contributed by atoms with Crippen molar-refractivity contribution in [1.82, 2.24) is 5.32 Å². The average Bonchev–Trinajstić information content (AvgIpc) is 3.51. The van der Waals surface area contributed by atoms with Crippen molar-refractivity contribution in [2.45, 2.75) is 49.5 Å². The van der Waals surface area contributed by atoms with Crippen molar-refractivity contribution in [1.29, 1.82) is 0 Å². The van der Waals surface area contributed by atoms with Crippen molar-refractivity contribution in [2.75, 3.05) is 6.61 Å². The summed E-state index contributed by atoms with van der Waals surface area (Å²) in [7, 11) is 0. The van der Waals surface area contributed by atoms with Crippen LogP contribution in [0.25, 0.3) is 0 Å². The topological polar surface area (TPSA) is 49.3 Å². The number of benzene rings is 2. The van der Waals surface area contributed by atoms with Crippen LogP contribution in [0.1, 0.15) is 49.1 Å². The lowest BCUT2D eigenvalue weighted by atomic mass is 9.75. The molecule has 0 spiro atoms. The normalized spacial score (nSPS) is 26.4. The minimum Gasteiger partial charge on any atom is -0.396 e. The molecule has 3 atom stereocenters. The lowest BCUT2D eigenvalue weighted by Crippen LogP contribution is -2.48. The van der Waals surface area contributed by atoms with E-state index in [2.05, 4.69) is 29.6 Å². The Balaban J connectivity index is 1.43. The van der Waals surface area contributed by atoms with E-state index in [1.54, 1.807) is 0 Å². The van der Waals surface area contributed by atoms with E-state index >= 15 is 0 Å². The highest BCUT2D eigenvalue weighted by atomic mass is 35.5. The summed E-state index contributed by atoms with van der Waals surface area (Å²) in [6.07, 6.45) is 4.62. The first-order valence-corrected chi connectivity index (χ1v) is 10.2. The maximum atomic E-state index is 13.1. The quantitative estimate of drug-likeness (QED) is 0.802. The van der Waals surface area contributed by atoms with Gasteiger partial charge in [-0.15, -0.1) is 0 Å². The Morgan fingerprint density at radius 1 is 1.07 bits per heavy atom. The third-order valence-corrected chi connectivity index (χ3v) is 6.64. The molecule has 2 unspecified atom stereocenters. The molecule has 2 aliphatic rings. The number of hydrogen-bond acceptors (Lipinski definition) is 2. The minimum atomic E-state index is -0.402. The predicted octanol–water partition coefficient (Wildman–Crippen LogP) is 4.43. The van der Waals surface area contributed by atoms with E-state index in [-0.39, 0.29) is 24.5 Å². The molecule has 2 aromatic rings. The van der Waals surface area contributed by atoms with Crippen LogP contribution in [0.15, 0.2) is 54.6 Å². The molecule has 2 aliphatic carbocycles. The molecular weight excluding hydrogens is 358 g/mol. The van der Waals surface area contributed by atoms with Gasteiger partial charge in [-0.2, -0.15) is 0 Å². The molecule has 2 saturated carbocycles. The number of hydrogen-bond donors (Lipinski definition) is 2. The second kappa shape index (κ2) is 7.65. The molecule has 27 heavy (non-hydrogen) atoms. The van der Waals surface area contributed by atoms with Crippen molar-refractivity contribution < 1.29 is 9.90 Å². The van der Waals surface area contributed by atoms with Crippen LogP contribution in [0.3, 0.4) is 0 Å². The molecule has 0 bridgehead atoms. The lowest BCUT2D eigenvalue weighted by Gasteiger charge is -2.36. The summed E-state index contributed by atoms with van der Waals surface area (Å²) in [6.45, 7) is 0.113. The van der Waals surface area contributed by atoms with E-state index in [0.29, 0.717) is 10.9 Å². The van der Waals surface area contributed by atoms with Crippen LogP contribution in [0.5, 0.6) is 0 Å². The summed E-state index contributed by atoms with van der Waals surface area (Å²) < 4.78 is 0. The van der Waals surface area contributed by atoms with Crippen LogP contribution in [-0.2, 0) is 10.2 Å². The van der Waals surface area contributed by atoms with Crippen molar-refractivity contribution >= 4 is 17.5 Å². The maximum absolute atomic E-state index is 13.1. The van der Waals surface area contributed by atoms with Gasteiger partial charge >= 0.3 is 0 Å². The largest absolute Gasteiger partial charge is 0.396 e. The number of carbonyl (C=O) groups is 1. The van der Waals surface area contributed by atoms with E-state index in [0.717, 1.165) is 37.7 Å². The second-order valence-electron chi connectivity index (χ2n) is 8.03. The highest BCUT2D eigenvalue weighted by Crippen LogP contribution is 2.49. The molecule has 1 amide bonds. The Labute approximate surface area is 165 Å². The van der Waals surface area contributed by atoms with Gasteiger partial charge in [-0.05, 0) is 61.3 Å². The first kappa shape index (κ1) is 18.5. The minimum absolute atomic E-state index is 0.0484. The molecule has 2 aromatic carbocycles. The zero-order chi connectivity index (χ0) is 18.9. The number of halogens is 1. The maximum Gasteiger partial charge on any atom is 0.230 e. The fourth-order valence-corrected chi connectivity index (χ4v) is 4.66. The number of aliphatic hydroxyl groups is 1. The van der Waals surface area contributed by atoms with Gasteiger partial charge in [-0.3, -0.25) is 4.79 Å². The zero-order valence-corrected chi connectivity index (χ0v) is 16.2. The summed E-state index contributed by atoms with van der Waals surface area (Å²) in [5, 5.41) is 13.9. The van der Waals surface area contributed by atoms with E-state index in [4.69, 9.17) is 11.6 Å². The van der Waals surface area contributed by atoms with Gasteiger partial charge < -0.3 is 10.4 Å². The first-order valence-electron chi connectivity index (χ1n) is 9.85. The summed E-state index contributed by atoms with van der Waals surface area (Å²) in [6, 6.07) is 18.2. The molecule has 0 heterocycles. The van der Waals surface area contributed by atoms with Gasteiger partial charge in [0.15, 0.2) is 0 Å². The predicted molar refractivity (Wildman–Crippen MR) is 108 cm³/mol. The van der Waals surface area contributed by atoms with Crippen LogP contribution in [0.2, 0.25) is 5.02 Å². The molecular formula is C23H26ClNO2. The summed E-state index contributed by atoms with van der Waals surface area (Å²) in [5.41, 5.74) is 1.98. The Morgan fingerprint density at radius 2 is 1.78 bits per heavy atom. The molecule has 4 heteroatoms. The van der Waals surface area contributed by atoms with E-state index in [9.17, 15) is 9.90 Å². The second-order valence-corrected chi connectivity index (χ2v) is 8.47. The van der Waals surface area contributed by atoms with E-state index in [1.165, 1.54) is 5.56 Å². The SMILES string of the molecule is O=C(NC1CC[C@@H](c2ccccc2)CC1CO)C1(c2ccc(Cl)cc2)CC1. The molecule has 142 valence electrons. The van der Waals surface area contributed by atoms with E-state index < -0.39 is 5.41 Å². The van der Waals surface area contributed by atoms with Crippen molar-refractivity contribution in [3.63, 3.8) is 0 Å². The highest BCUT2D eigenvalue weighted by Gasteiger charge is 2.52. The number of nitrogens with one attached hydrogen (secondary N) is 1. The van der Waals surface area contributed by atoms with Gasteiger partial charge in [0, 0.05) is 23.6 Å². The van der Waals surface area contributed by atoms with Crippen molar-refractivity contribution in [3.05, 3.63) is 70.7 Å². The summed E-state index contributed by atoms with van der Waals surface area (Å²) in [5.74, 6) is 0.669. The zero-order valence-electron chi connectivity index (χ0n) is 15.4. The monoisotopic (exact) mass is 383 g/mol. The molecule has 4 rings (SSSR count). The lowest BCUT2D eigenvalue weighted by molar-refractivity contribution is -0.125. The average molecular weight is 384 g/mol. The summed E-state index contributed by atoms with van der Waals surface area (Å²) >= 11 is 5.99. The number of carbonyl (C=O) groups excluding carboxylic acids is 1. The molecule has 0 aliphatic heterocycles. The number of aliphatic hydroxyl groups excluding tert-OH is 1. The fraction of sp³-hybridized carbons (Fsp3) is 0.435. The molecule has 0 aromatic heterocycles. The van der Waals surface area contributed by atoms with Crippen LogP contribution in [-0.4, -0.2) is 23.7 Å².